The van der Waals surface area contributed by atoms with E-state index in [-0.39, 0.29) is 6.29 Å². The maximum atomic E-state index is 5.32. The van der Waals surface area contributed by atoms with Gasteiger partial charge in [-0.05, 0) is 12.8 Å². The van der Waals surface area contributed by atoms with Crippen LogP contribution in [0.15, 0.2) is 12.3 Å². The second-order valence-electron chi connectivity index (χ2n) is 4.51. The third-order valence-electron chi connectivity index (χ3n) is 3.41. The maximum absolute atomic E-state index is 5.32. The van der Waals surface area contributed by atoms with E-state index in [0.717, 1.165) is 31.7 Å². The Bertz CT molecular complexity index is 341. The Morgan fingerprint density at radius 1 is 1.29 bits per heavy atom. The molecule has 0 unspecified atom stereocenters. The Kier molecular flexibility index (Phi) is 4.02. The summed E-state index contributed by atoms with van der Waals surface area (Å²) < 4.78 is 12.5. The SMILES string of the molecule is COC(OC)C1CCN(c2ccn(C)n2)CC1. The number of rotatable bonds is 4. The summed E-state index contributed by atoms with van der Waals surface area (Å²) in [5.41, 5.74) is 0. The molecule has 1 aromatic rings. The van der Waals surface area contributed by atoms with Gasteiger partial charge in [0.05, 0.1) is 0 Å². The van der Waals surface area contributed by atoms with Gasteiger partial charge in [-0.1, -0.05) is 0 Å². The number of nitrogens with zero attached hydrogens (tertiary/aromatic N) is 3. The van der Waals surface area contributed by atoms with E-state index in [2.05, 4.69) is 16.1 Å². The van der Waals surface area contributed by atoms with Crippen molar-refractivity contribution in [2.75, 3.05) is 32.2 Å². The average Bonchev–Trinajstić information content (AvgIpc) is 2.78. The fourth-order valence-corrected chi connectivity index (χ4v) is 2.45. The van der Waals surface area contributed by atoms with Gasteiger partial charge in [-0.2, -0.15) is 5.10 Å². The van der Waals surface area contributed by atoms with Crippen LogP contribution in [0, 0.1) is 5.92 Å². The predicted molar refractivity (Wildman–Crippen MR) is 66.0 cm³/mol. The number of aromatic nitrogens is 2. The molecule has 1 saturated heterocycles. The first-order chi connectivity index (χ1) is 8.24. The lowest BCUT2D eigenvalue weighted by Gasteiger charge is -2.34. The number of hydrogen-bond donors (Lipinski definition) is 0. The van der Waals surface area contributed by atoms with Crippen LogP contribution in [0.4, 0.5) is 5.82 Å². The molecule has 0 amide bonds. The van der Waals surface area contributed by atoms with Crippen LogP contribution in [0.25, 0.3) is 0 Å². The lowest BCUT2D eigenvalue weighted by Crippen LogP contribution is -2.39. The van der Waals surface area contributed by atoms with Crippen molar-refractivity contribution in [3.63, 3.8) is 0 Å². The quantitative estimate of drug-likeness (QED) is 0.741. The molecule has 1 aliphatic rings. The first kappa shape index (κ1) is 12.4. The molecule has 96 valence electrons. The molecule has 1 aromatic heterocycles. The molecule has 1 aliphatic heterocycles. The fourth-order valence-electron chi connectivity index (χ4n) is 2.45. The highest BCUT2D eigenvalue weighted by atomic mass is 16.7. The van der Waals surface area contributed by atoms with Crippen LogP contribution in [0.5, 0.6) is 0 Å². The number of anilines is 1. The smallest absolute Gasteiger partial charge is 0.159 e. The summed E-state index contributed by atoms with van der Waals surface area (Å²) in [6.45, 7) is 2.04. The van der Waals surface area contributed by atoms with Crippen molar-refractivity contribution >= 4 is 5.82 Å². The van der Waals surface area contributed by atoms with E-state index < -0.39 is 0 Å². The molecule has 2 rings (SSSR count). The molecule has 0 aliphatic carbocycles. The molecule has 1 fully saturated rings. The van der Waals surface area contributed by atoms with E-state index in [4.69, 9.17) is 9.47 Å². The molecular formula is C12H21N3O2. The first-order valence-electron chi connectivity index (χ1n) is 6.04. The third-order valence-corrected chi connectivity index (χ3v) is 3.41. The molecule has 2 heterocycles. The standard InChI is InChI=1S/C12H21N3O2/c1-14-7-6-11(13-14)15-8-4-10(5-9-15)12(16-2)17-3/h6-7,10,12H,4-5,8-9H2,1-3H3. The van der Waals surface area contributed by atoms with Crippen molar-refractivity contribution in [1.29, 1.82) is 0 Å². The molecule has 0 N–H and O–H groups in total. The van der Waals surface area contributed by atoms with Gasteiger partial charge in [-0.25, -0.2) is 0 Å². The average molecular weight is 239 g/mol. The monoisotopic (exact) mass is 239 g/mol. The number of hydrogen-bond acceptors (Lipinski definition) is 4. The van der Waals surface area contributed by atoms with Gasteiger partial charge in [0.1, 0.15) is 0 Å². The van der Waals surface area contributed by atoms with Crippen molar-refractivity contribution in [2.45, 2.75) is 19.1 Å². The summed E-state index contributed by atoms with van der Waals surface area (Å²) in [6.07, 6.45) is 4.08. The van der Waals surface area contributed by atoms with Gasteiger partial charge in [-0.3, -0.25) is 4.68 Å². The molecule has 0 spiro atoms. The molecule has 0 atom stereocenters. The summed E-state index contributed by atoms with van der Waals surface area (Å²) in [5, 5.41) is 4.42. The topological polar surface area (TPSA) is 39.5 Å². The lowest BCUT2D eigenvalue weighted by atomic mass is 9.96. The van der Waals surface area contributed by atoms with E-state index in [9.17, 15) is 0 Å². The van der Waals surface area contributed by atoms with Gasteiger partial charge >= 0.3 is 0 Å². The van der Waals surface area contributed by atoms with E-state index in [1.54, 1.807) is 14.2 Å². The molecule has 17 heavy (non-hydrogen) atoms. The van der Waals surface area contributed by atoms with Crippen molar-refractivity contribution in [1.82, 2.24) is 9.78 Å². The minimum absolute atomic E-state index is 0.0686. The van der Waals surface area contributed by atoms with Crippen molar-refractivity contribution in [3.8, 4) is 0 Å². The summed E-state index contributed by atoms with van der Waals surface area (Å²) in [5.74, 6) is 1.56. The van der Waals surface area contributed by atoms with Crippen LogP contribution in [0.1, 0.15) is 12.8 Å². The Hall–Kier alpha value is -1.07. The molecule has 0 saturated carbocycles. The highest BCUT2D eigenvalue weighted by Crippen LogP contribution is 2.25. The van der Waals surface area contributed by atoms with Crippen LogP contribution in [0.2, 0.25) is 0 Å². The van der Waals surface area contributed by atoms with Crippen LogP contribution in [-0.4, -0.2) is 43.4 Å². The molecule has 0 aromatic carbocycles. The Balaban J connectivity index is 1.89. The Labute approximate surface area is 102 Å². The van der Waals surface area contributed by atoms with Crippen LogP contribution in [0.3, 0.4) is 0 Å². The second-order valence-corrected chi connectivity index (χ2v) is 4.51. The molecule has 5 heteroatoms. The number of aryl methyl sites for hydroxylation is 1. The van der Waals surface area contributed by atoms with Gasteiger partial charge in [-0.15, -0.1) is 0 Å². The summed E-state index contributed by atoms with van der Waals surface area (Å²) >= 11 is 0. The first-order valence-corrected chi connectivity index (χ1v) is 6.04. The Morgan fingerprint density at radius 2 is 1.94 bits per heavy atom. The van der Waals surface area contributed by atoms with E-state index in [0.29, 0.717) is 5.92 Å². The van der Waals surface area contributed by atoms with Crippen LogP contribution in [-0.2, 0) is 16.5 Å². The normalized spacial score (nSPS) is 18.0. The van der Waals surface area contributed by atoms with Crippen LogP contribution < -0.4 is 4.90 Å². The van der Waals surface area contributed by atoms with Gasteiger partial charge in [0, 0.05) is 52.5 Å². The van der Waals surface area contributed by atoms with Gasteiger partial charge in [0.15, 0.2) is 12.1 Å². The zero-order valence-electron chi connectivity index (χ0n) is 10.8. The van der Waals surface area contributed by atoms with Crippen molar-refractivity contribution in [3.05, 3.63) is 12.3 Å². The third kappa shape index (κ3) is 2.79. The lowest BCUT2D eigenvalue weighted by molar-refractivity contribution is -0.141. The van der Waals surface area contributed by atoms with E-state index in [1.807, 2.05) is 17.9 Å². The zero-order chi connectivity index (χ0) is 12.3. The van der Waals surface area contributed by atoms with Crippen LogP contribution >= 0.6 is 0 Å². The minimum Gasteiger partial charge on any atom is -0.356 e. The predicted octanol–water partition coefficient (Wildman–Crippen LogP) is 1.26. The van der Waals surface area contributed by atoms with Gasteiger partial charge < -0.3 is 14.4 Å². The maximum Gasteiger partial charge on any atom is 0.159 e. The fraction of sp³-hybridized carbons (Fsp3) is 0.750. The Morgan fingerprint density at radius 3 is 2.41 bits per heavy atom. The highest BCUT2D eigenvalue weighted by molar-refractivity contribution is 5.37. The number of ether oxygens (including phenoxy) is 2. The summed E-state index contributed by atoms with van der Waals surface area (Å²) in [6, 6.07) is 2.06. The van der Waals surface area contributed by atoms with Crippen molar-refractivity contribution in [2.24, 2.45) is 13.0 Å². The zero-order valence-corrected chi connectivity index (χ0v) is 10.8. The molecule has 5 nitrogen and oxygen atoms in total. The van der Waals surface area contributed by atoms with Crippen molar-refractivity contribution < 1.29 is 9.47 Å². The molecule has 0 radical (unpaired) electrons. The minimum atomic E-state index is -0.0686. The summed E-state index contributed by atoms with van der Waals surface area (Å²) in [7, 11) is 5.36. The largest absolute Gasteiger partial charge is 0.356 e. The molecular weight excluding hydrogens is 218 g/mol. The summed E-state index contributed by atoms with van der Waals surface area (Å²) in [4.78, 5) is 2.32. The number of piperidine rings is 1. The second kappa shape index (κ2) is 5.51. The van der Waals surface area contributed by atoms with E-state index >= 15 is 0 Å². The van der Waals surface area contributed by atoms with Gasteiger partial charge in [0.2, 0.25) is 0 Å². The van der Waals surface area contributed by atoms with Gasteiger partial charge in [0.25, 0.3) is 0 Å². The molecule has 0 bridgehead atoms. The number of methoxy groups -OCH3 is 2. The highest BCUT2D eigenvalue weighted by Gasteiger charge is 2.27. The van der Waals surface area contributed by atoms with E-state index in [1.165, 1.54) is 0 Å².